The third kappa shape index (κ3) is 2.54. The van der Waals surface area contributed by atoms with Gasteiger partial charge in [0.05, 0.1) is 15.9 Å². The van der Waals surface area contributed by atoms with Crippen molar-refractivity contribution in [2.24, 2.45) is 0 Å². The van der Waals surface area contributed by atoms with Gasteiger partial charge in [-0.05, 0) is 25.1 Å². The predicted octanol–water partition coefficient (Wildman–Crippen LogP) is 6.05. The van der Waals surface area contributed by atoms with E-state index >= 15 is 0 Å². The molecule has 0 radical (unpaired) electrons. The van der Waals surface area contributed by atoms with Crippen LogP contribution in [0, 0.1) is 6.92 Å². The molecule has 2 heterocycles. The van der Waals surface area contributed by atoms with Crippen molar-refractivity contribution in [2.45, 2.75) is 6.92 Å². The Hall–Kier alpha value is -1.75. The van der Waals surface area contributed by atoms with Gasteiger partial charge in [0.2, 0.25) is 0 Å². The first-order valence-corrected chi connectivity index (χ1v) is 8.85. The fourth-order valence-electron chi connectivity index (χ4n) is 2.22. The number of aromatic nitrogens is 2. The van der Waals surface area contributed by atoms with E-state index in [-0.39, 0.29) is 0 Å². The standard InChI is InChI=1S/C17H11ClN2S2/c1-10-2-4-11(5-3-10)14-9-21-16(20-14)17-19-13-7-6-12(18)8-15(13)22-17/h2-9H,1H3. The van der Waals surface area contributed by atoms with E-state index in [2.05, 4.69) is 41.6 Å². The first kappa shape index (κ1) is 13.9. The summed E-state index contributed by atoms with van der Waals surface area (Å²) in [4.78, 5) is 9.38. The van der Waals surface area contributed by atoms with Crippen LogP contribution in [0.1, 0.15) is 5.56 Å². The van der Waals surface area contributed by atoms with E-state index in [0.29, 0.717) is 0 Å². The van der Waals surface area contributed by atoms with Gasteiger partial charge in [-0.1, -0.05) is 41.4 Å². The Morgan fingerprint density at radius 2 is 1.77 bits per heavy atom. The van der Waals surface area contributed by atoms with Crippen molar-refractivity contribution in [1.82, 2.24) is 9.97 Å². The molecule has 0 aliphatic carbocycles. The lowest BCUT2D eigenvalue weighted by molar-refractivity contribution is 1.37. The molecule has 0 saturated carbocycles. The molecule has 0 aliphatic rings. The molecule has 0 amide bonds. The molecule has 0 saturated heterocycles. The van der Waals surface area contributed by atoms with E-state index in [1.54, 1.807) is 22.7 Å². The predicted molar refractivity (Wildman–Crippen MR) is 95.9 cm³/mol. The highest BCUT2D eigenvalue weighted by molar-refractivity contribution is 7.25. The van der Waals surface area contributed by atoms with E-state index < -0.39 is 0 Å². The van der Waals surface area contributed by atoms with Crippen molar-refractivity contribution in [2.75, 3.05) is 0 Å². The summed E-state index contributed by atoms with van der Waals surface area (Å²) in [5, 5.41) is 4.72. The normalized spacial score (nSPS) is 11.2. The average Bonchev–Trinajstić information content (AvgIpc) is 3.13. The SMILES string of the molecule is Cc1ccc(-c2csc(-c3nc4ccc(Cl)cc4s3)n2)cc1. The van der Waals surface area contributed by atoms with Gasteiger partial charge in [0.25, 0.3) is 0 Å². The molecule has 0 bridgehead atoms. The van der Waals surface area contributed by atoms with Crippen molar-refractivity contribution < 1.29 is 0 Å². The Balaban J connectivity index is 1.74. The summed E-state index contributed by atoms with van der Waals surface area (Å²) >= 11 is 9.29. The van der Waals surface area contributed by atoms with Crippen LogP contribution >= 0.6 is 34.3 Å². The Kier molecular flexibility index (Phi) is 3.45. The highest BCUT2D eigenvalue weighted by Gasteiger charge is 2.11. The Labute approximate surface area is 141 Å². The second-order valence-corrected chi connectivity index (χ2v) is 7.36. The van der Waals surface area contributed by atoms with E-state index in [0.717, 1.165) is 36.5 Å². The maximum absolute atomic E-state index is 6.04. The van der Waals surface area contributed by atoms with Crippen LogP contribution in [0.25, 0.3) is 31.5 Å². The fraction of sp³-hybridized carbons (Fsp3) is 0.0588. The summed E-state index contributed by atoms with van der Waals surface area (Å²) in [5.74, 6) is 0. The molecule has 22 heavy (non-hydrogen) atoms. The number of nitrogens with zero attached hydrogens (tertiary/aromatic N) is 2. The highest BCUT2D eigenvalue weighted by atomic mass is 35.5. The molecule has 2 aromatic heterocycles. The van der Waals surface area contributed by atoms with Crippen LogP contribution in [0.3, 0.4) is 0 Å². The topological polar surface area (TPSA) is 25.8 Å². The highest BCUT2D eigenvalue weighted by Crippen LogP contribution is 2.35. The lowest BCUT2D eigenvalue weighted by Crippen LogP contribution is -1.79. The minimum Gasteiger partial charge on any atom is -0.233 e. The third-order valence-electron chi connectivity index (χ3n) is 3.38. The summed E-state index contributed by atoms with van der Waals surface area (Å²) in [5.41, 5.74) is 4.35. The summed E-state index contributed by atoms with van der Waals surface area (Å²) < 4.78 is 1.09. The van der Waals surface area contributed by atoms with Crippen molar-refractivity contribution in [1.29, 1.82) is 0 Å². The van der Waals surface area contributed by atoms with Crippen molar-refractivity contribution in [3.63, 3.8) is 0 Å². The molecular formula is C17H11ClN2S2. The Morgan fingerprint density at radius 3 is 2.59 bits per heavy atom. The fourth-order valence-corrected chi connectivity index (χ4v) is 4.32. The van der Waals surface area contributed by atoms with Gasteiger partial charge < -0.3 is 0 Å². The summed E-state index contributed by atoms with van der Waals surface area (Å²) in [6.45, 7) is 2.09. The smallest absolute Gasteiger partial charge is 0.153 e. The monoisotopic (exact) mass is 342 g/mol. The van der Waals surface area contributed by atoms with Crippen LogP contribution in [0.15, 0.2) is 47.8 Å². The molecule has 0 fully saturated rings. The van der Waals surface area contributed by atoms with Gasteiger partial charge in [-0.2, -0.15) is 0 Å². The van der Waals surface area contributed by atoms with E-state index in [4.69, 9.17) is 16.6 Å². The maximum atomic E-state index is 6.04. The molecule has 108 valence electrons. The Bertz CT molecular complexity index is 954. The van der Waals surface area contributed by atoms with Gasteiger partial charge in [-0.15, -0.1) is 22.7 Å². The van der Waals surface area contributed by atoms with Crippen LogP contribution in [0.5, 0.6) is 0 Å². The van der Waals surface area contributed by atoms with Crippen LogP contribution in [-0.2, 0) is 0 Å². The zero-order chi connectivity index (χ0) is 15.1. The van der Waals surface area contributed by atoms with Gasteiger partial charge in [0.1, 0.15) is 0 Å². The number of benzene rings is 2. The molecule has 2 nitrogen and oxygen atoms in total. The molecular weight excluding hydrogens is 332 g/mol. The van der Waals surface area contributed by atoms with Crippen molar-refractivity contribution in [3.05, 3.63) is 58.4 Å². The van der Waals surface area contributed by atoms with E-state index in [9.17, 15) is 0 Å². The van der Waals surface area contributed by atoms with Crippen molar-refractivity contribution in [3.8, 4) is 21.3 Å². The van der Waals surface area contributed by atoms with Gasteiger partial charge in [-0.3, -0.25) is 0 Å². The number of fused-ring (bicyclic) bond motifs is 1. The van der Waals surface area contributed by atoms with Gasteiger partial charge >= 0.3 is 0 Å². The number of hydrogen-bond acceptors (Lipinski definition) is 4. The molecule has 4 aromatic rings. The summed E-state index contributed by atoms with van der Waals surface area (Å²) in [6, 6.07) is 14.2. The molecule has 4 rings (SSSR count). The zero-order valence-corrected chi connectivity index (χ0v) is 14.1. The lowest BCUT2D eigenvalue weighted by atomic mass is 10.1. The number of aryl methyl sites for hydroxylation is 1. The van der Waals surface area contributed by atoms with Crippen LogP contribution in [0.4, 0.5) is 0 Å². The number of hydrogen-bond donors (Lipinski definition) is 0. The van der Waals surface area contributed by atoms with Gasteiger partial charge in [0.15, 0.2) is 10.0 Å². The van der Waals surface area contributed by atoms with Gasteiger partial charge in [0, 0.05) is 16.0 Å². The average molecular weight is 343 g/mol. The zero-order valence-electron chi connectivity index (χ0n) is 11.7. The van der Waals surface area contributed by atoms with E-state index in [1.165, 1.54) is 5.56 Å². The molecule has 2 aromatic carbocycles. The number of thiazole rings is 2. The molecule has 0 aliphatic heterocycles. The summed E-state index contributed by atoms with van der Waals surface area (Å²) in [7, 11) is 0. The van der Waals surface area contributed by atoms with Crippen LogP contribution in [0.2, 0.25) is 5.02 Å². The quantitative estimate of drug-likeness (QED) is 0.443. The Morgan fingerprint density at radius 1 is 0.955 bits per heavy atom. The van der Waals surface area contributed by atoms with E-state index in [1.807, 2.05) is 18.2 Å². The second-order valence-electron chi connectivity index (χ2n) is 5.03. The lowest BCUT2D eigenvalue weighted by Gasteiger charge is -1.96. The van der Waals surface area contributed by atoms with Crippen LogP contribution in [-0.4, -0.2) is 9.97 Å². The first-order chi connectivity index (χ1) is 10.7. The third-order valence-corrected chi connectivity index (χ3v) is 5.62. The molecule has 0 spiro atoms. The molecule has 0 atom stereocenters. The minimum atomic E-state index is 0.738. The number of rotatable bonds is 2. The summed E-state index contributed by atoms with van der Waals surface area (Å²) in [6.07, 6.45) is 0. The van der Waals surface area contributed by atoms with Crippen LogP contribution < -0.4 is 0 Å². The number of halogens is 1. The molecule has 5 heteroatoms. The first-order valence-electron chi connectivity index (χ1n) is 6.78. The molecule has 0 unspecified atom stereocenters. The van der Waals surface area contributed by atoms with Gasteiger partial charge in [-0.25, -0.2) is 9.97 Å². The largest absolute Gasteiger partial charge is 0.233 e. The molecule has 0 N–H and O–H groups in total. The minimum absolute atomic E-state index is 0.738. The maximum Gasteiger partial charge on any atom is 0.153 e. The van der Waals surface area contributed by atoms with Crippen molar-refractivity contribution >= 4 is 44.5 Å². The second kappa shape index (κ2) is 5.47.